The van der Waals surface area contributed by atoms with Gasteiger partial charge in [-0.1, -0.05) is 72.4 Å². The molecule has 0 saturated carbocycles. The van der Waals surface area contributed by atoms with Crippen molar-refractivity contribution < 1.29 is 18.9 Å². The van der Waals surface area contributed by atoms with Gasteiger partial charge in [0.15, 0.2) is 11.9 Å². The summed E-state index contributed by atoms with van der Waals surface area (Å²) in [4.78, 5) is 0. The van der Waals surface area contributed by atoms with E-state index in [9.17, 15) is 0 Å². The van der Waals surface area contributed by atoms with Crippen molar-refractivity contribution in [2.75, 3.05) is 12.9 Å². The van der Waals surface area contributed by atoms with Gasteiger partial charge < -0.3 is 18.9 Å². The number of hydrogen-bond donors (Lipinski definition) is 0. The molecular weight excluding hydrogens is 404 g/mol. The van der Waals surface area contributed by atoms with E-state index < -0.39 is 5.79 Å². The maximum Gasteiger partial charge on any atom is 0.220 e. The van der Waals surface area contributed by atoms with Gasteiger partial charge in [-0.15, -0.1) is 0 Å². The van der Waals surface area contributed by atoms with Crippen molar-refractivity contribution >= 4 is 28.4 Å². The van der Waals surface area contributed by atoms with Gasteiger partial charge >= 0.3 is 0 Å². The lowest BCUT2D eigenvalue weighted by Gasteiger charge is -2.45. The number of ether oxygens (including phenoxy) is 4. The smallest absolute Gasteiger partial charge is 0.220 e. The lowest BCUT2D eigenvalue weighted by Crippen LogP contribution is -2.57. The fourth-order valence-electron chi connectivity index (χ4n) is 3.44. The Morgan fingerprint density at radius 1 is 0.966 bits per heavy atom. The second-order valence-electron chi connectivity index (χ2n) is 7.44. The predicted octanol–water partition coefficient (Wildman–Crippen LogP) is 5.00. The molecule has 1 aliphatic heterocycles. The van der Waals surface area contributed by atoms with Crippen molar-refractivity contribution in [2.45, 2.75) is 51.0 Å². The fourth-order valence-corrected chi connectivity index (χ4v) is 3.76. The summed E-state index contributed by atoms with van der Waals surface area (Å²) in [7, 11) is 0. The van der Waals surface area contributed by atoms with E-state index in [-0.39, 0.29) is 18.3 Å². The van der Waals surface area contributed by atoms with Crippen LogP contribution < -0.4 is 0 Å². The van der Waals surface area contributed by atoms with E-state index in [1.807, 2.05) is 68.6 Å². The van der Waals surface area contributed by atoms with Crippen molar-refractivity contribution in [3.05, 3.63) is 71.8 Å². The monoisotopic (exact) mass is 432 g/mol. The highest BCUT2D eigenvalue weighted by molar-refractivity contribution is 8.22. The summed E-state index contributed by atoms with van der Waals surface area (Å²) in [6.07, 6.45) is 1.78. The van der Waals surface area contributed by atoms with Crippen LogP contribution in [0.5, 0.6) is 0 Å². The molecule has 0 aliphatic carbocycles. The first-order valence-corrected chi connectivity index (χ1v) is 11.4. The molecule has 2 aromatic rings. The van der Waals surface area contributed by atoms with Crippen molar-refractivity contribution in [3.8, 4) is 0 Å². The molecule has 3 rings (SSSR count). The molecule has 0 radical (unpaired) electrons. The molecular formula is C23H28O4S2. The fraction of sp³-hybridized carbons (Fsp3) is 0.435. The molecule has 0 N–H and O–H groups in total. The first-order chi connectivity index (χ1) is 14.0. The molecule has 0 unspecified atom stereocenters. The van der Waals surface area contributed by atoms with Gasteiger partial charge in [0.05, 0.1) is 13.2 Å². The first kappa shape index (κ1) is 22.2. The Morgan fingerprint density at radius 2 is 1.55 bits per heavy atom. The largest absolute Gasteiger partial charge is 0.470 e. The van der Waals surface area contributed by atoms with Crippen LogP contribution in [-0.4, -0.2) is 41.3 Å². The minimum absolute atomic E-state index is 0.198. The molecule has 2 aromatic carbocycles. The highest BCUT2D eigenvalue weighted by Crippen LogP contribution is 2.32. The van der Waals surface area contributed by atoms with Gasteiger partial charge in [0.25, 0.3) is 0 Å². The number of rotatable bonds is 7. The molecule has 0 amide bonds. The van der Waals surface area contributed by atoms with E-state index in [2.05, 4.69) is 12.1 Å². The van der Waals surface area contributed by atoms with Crippen molar-refractivity contribution in [2.24, 2.45) is 0 Å². The Morgan fingerprint density at radius 3 is 2.17 bits per heavy atom. The van der Waals surface area contributed by atoms with Crippen LogP contribution in [0.1, 0.15) is 25.0 Å². The SMILES string of the molecule is CSC(=S)O[C@H]1[C@H](COCc2ccccc2)OC(C)(C)O[C@H]1Cc1ccccc1. The summed E-state index contributed by atoms with van der Waals surface area (Å²) in [6.45, 7) is 4.77. The molecule has 4 nitrogen and oxygen atoms in total. The molecule has 156 valence electrons. The molecule has 0 bridgehead atoms. The third-order valence-electron chi connectivity index (χ3n) is 4.68. The van der Waals surface area contributed by atoms with Gasteiger partial charge in [0.2, 0.25) is 4.38 Å². The van der Waals surface area contributed by atoms with Crippen molar-refractivity contribution in [1.82, 2.24) is 0 Å². The number of thiocarbonyl (C=S) groups is 1. The van der Waals surface area contributed by atoms with E-state index in [1.54, 1.807) is 0 Å². The Bertz CT molecular complexity index is 767. The van der Waals surface area contributed by atoms with Crippen LogP contribution in [0.3, 0.4) is 0 Å². The average molecular weight is 433 g/mol. The molecule has 6 heteroatoms. The Kier molecular flexibility index (Phi) is 8.09. The molecule has 1 fully saturated rings. The molecule has 3 atom stereocenters. The topological polar surface area (TPSA) is 36.9 Å². The summed E-state index contributed by atoms with van der Waals surface area (Å²) < 4.78 is 25.0. The number of hydrogen-bond acceptors (Lipinski definition) is 6. The molecule has 0 aromatic heterocycles. The average Bonchev–Trinajstić information content (AvgIpc) is 2.71. The third-order valence-corrected chi connectivity index (χ3v) is 5.70. The van der Waals surface area contributed by atoms with E-state index in [1.165, 1.54) is 17.3 Å². The Labute approximate surface area is 182 Å². The lowest BCUT2D eigenvalue weighted by atomic mass is 9.98. The molecule has 1 heterocycles. The zero-order valence-electron chi connectivity index (χ0n) is 17.1. The second kappa shape index (κ2) is 10.5. The van der Waals surface area contributed by atoms with Crippen LogP contribution in [0.2, 0.25) is 0 Å². The van der Waals surface area contributed by atoms with Crippen LogP contribution in [0.25, 0.3) is 0 Å². The molecule has 0 spiro atoms. The molecule has 1 aliphatic rings. The van der Waals surface area contributed by atoms with Crippen LogP contribution in [0.4, 0.5) is 0 Å². The normalized spacial score (nSPS) is 23.5. The first-order valence-electron chi connectivity index (χ1n) is 9.72. The van der Waals surface area contributed by atoms with Gasteiger partial charge in [-0.25, -0.2) is 0 Å². The summed E-state index contributed by atoms with van der Waals surface area (Å²) in [5.74, 6) is -0.735. The van der Waals surface area contributed by atoms with Gasteiger partial charge in [-0.2, -0.15) is 0 Å². The van der Waals surface area contributed by atoms with Gasteiger partial charge in [0, 0.05) is 6.42 Å². The second-order valence-corrected chi connectivity index (χ2v) is 8.85. The summed E-state index contributed by atoms with van der Waals surface area (Å²) in [5, 5.41) is 0. The minimum Gasteiger partial charge on any atom is -0.470 e. The third kappa shape index (κ3) is 6.79. The summed E-state index contributed by atoms with van der Waals surface area (Å²) >= 11 is 6.75. The van der Waals surface area contributed by atoms with Gasteiger partial charge in [-0.05, 0) is 43.4 Å². The summed E-state index contributed by atoms with van der Waals surface area (Å²) in [5.41, 5.74) is 2.31. The summed E-state index contributed by atoms with van der Waals surface area (Å²) in [6, 6.07) is 20.4. The van der Waals surface area contributed by atoms with Crippen LogP contribution >= 0.6 is 24.0 Å². The van der Waals surface area contributed by atoms with E-state index in [0.29, 0.717) is 24.0 Å². The van der Waals surface area contributed by atoms with Crippen molar-refractivity contribution in [1.29, 1.82) is 0 Å². The number of benzene rings is 2. The Balaban J connectivity index is 1.73. The van der Waals surface area contributed by atoms with Gasteiger partial charge in [-0.3, -0.25) is 0 Å². The zero-order valence-corrected chi connectivity index (χ0v) is 18.7. The lowest BCUT2D eigenvalue weighted by molar-refractivity contribution is -0.334. The van der Waals surface area contributed by atoms with Gasteiger partial charge in [0.1, 0.15) is 12.2 Å². The van der Waals surface area contributed by atoms with Crippen LogP contribution in [0, 0.1) is 0 Å². The highest BCUT2D eigenvalue weighted by Gasteiger charge is 2.45. The Hall–Kier alpha value is -1.44. The minimum atomic E-state index is -0.735. The molecule has 29 heavy (non-hydrogen) atoms. The standard InChI is InChI=1S/C23H28O4S2/c1-23(2)26-19(14-17-10-6-4-7-11-17)21(25-22(28)29-3)20(27-23)16-24-15-18-12-8-5-9-13-18/h4-13,19-21H,14-16H2,1-3H3/t19-,20-,21+/m0/s1. The molecule has 1 saturated heterocycles. The van der Waals surface area contributed by atoms with Crippen LogP contribution in [-0.2, 0) is 32.0 Å². The van der Waals surface area contributed by atoms with E-state index >= 15 is 0 Å². The highest BCUT2D eigenvalue weighted by atomic mass is 32.2. The van der Waals surface area contributed by atoms with E-state index in [4.69, 9.17) is 31.2 Å². The van der Waals surface area contributed by atoms with Crippen molar-refractivity contribution in [3.63, 3.8) is 0 Å². The maximum absolute atomic E-state index is 6.26. The van der Waals surface area contributed by atoms with Crippen LogP contribution in [0.15, 0.2) is 60.7 Å². The quantitative estimate of drug-likeness (QED) is 0.573. The zero-order chi connectivity index (χ0) is 20.7. The predicted molar refractivity (Wildman–Crippen MR) is 121 cm³/mol. The van der Waals surface area contributed by atoms with E-state index in [0.717, 1.165) is 5.56 Å². The maximum atomic E-state index is 6.26. The number of thioether (sulfide) groups is 1.